The summed E-state index contributed by atoms with van der Waals surface area (Å²) >= 11 is 0. The van der Waals surface area contributed by atoms with E-state index in [1.807, 2.05) is 0 Å². The van der Waals surface area contributed by atoms with Crippen LogP contribution in [0.3, 0.4) is 0 Å². The van der Waals surface area contributed by atoms with E-state index in [2.05, 4.69) is 43.7 Å². The van der Waals surface area contributed by atoms with Crippen molar-refractivity contribution in [2.45, 2.75) is 75.7 Å². The molecule has 43 heavy (non-hydrogen) atoms. The quantitative estimate of drug-likeness (QED) is 0.194. The summed E-state index contributed by atoms with van der Waals surface area (Å²) in [6, 6.07) is 9.82. The zero-order valence-corrected chi connectivity index (χ0v) is 23.3. The van der Waals surface area contributed by atoms with Gasteiger partial charge in [0.05, 0.1) is 34.1 Å². The van der Waals surface area contributed by atoms with Crippen LogP contribution in [-0.2, 0) is 0 Å². The molecule has 0 spiro atoms. The van der Waals surface area contributed by atoms with Gasteiger partial charge in [-0.1, -0.05) is 25.3 Å². The van der Waals surface area contributed by atoms with Crippen LogP contribution >= 0.6 is 0 Å². The fourth-order valence-electron chi connectivity index (χ4n) is 5.98. The molecule has 0 amide bonds. The Morgan fingerprint density at radius 1 is 1.09 bits per heavy atom. The minimum atomic E-state index is -4.45. The van der Waals surface area contributed by atoms with Gasteiger partial charge in [0.1, 0.15) is 12.1 Å². The standard InChI is InChI=1S/C30H29F4N9/c1-17-22(7-8-25(31)38-17)28(24-16-43(42-41-24)29(9-10-29)30(32,33)34)40-21-11-18(13-35)26-23(12-21)27(19(14-36)15-37-26)39-20-5-3-2-4-6-20/h7-8,11-12,15-16,20,28,40-42H,2-6,9-10H2,1H3,(H,37,39)/t28-/m0/s1. The van der Waals surface area contributed by atoms with Crippen LogP contribution in [0.1, 0.15) is 73.4 Å². The number of hydrogen-bond acceptors (Lipinski definition) is 9. The number of aryl methyl sites for hydroxylation is 1. The number of rotatable bonds is 7. The second kappa shape index (κ2) is 10.9. The summed E-state index contributed by atoms with van der Waals surface area (Å²) in [5, 5.41) is 28.4. The van der Waals surface area contributed by atoms with Crippen LogP contribution in [0.4, 0.5) is 28.9 Å². The van der Waals surface area contributed by atoms with Crippen molar-refractivity contribution < 1.29 is 17.6 Å². The minimum absolute atomic E-state index is 0.0502. The van der Waals surface area contributed by atoms with E-state index in [1.165, 1.54) is 24.5 Å². The van der Waals surface area contributed by atoms with Gasteiger partial charge in [-0.25, -0.2) is 4.98 Å². The number of pyridine rings is 2. The fourth-order valence-corrected chi connectivity index (χ4v) is 5.98. The summed E-state index contributed by atoms with van der Waals surface area (Å²) < 4.78 is 55.6. The Bertz CT molecular complexity index is 1680. The fraction of sp³-hybridized carbons (Fsp3) is 0.400. The second-order valence-electron chi connectivity index (χ2n) is 11.3. The van der Waals surface area contributed by atoms with Crippen LogP contribution in [0.5, 0.6) is 0 Å². The smallest absolute Gasteiger partial charge is 0.381 e. The summed E-state index contributed by atoms with van der Waals surface area (Å²) in [4.78, 5) is 8.34. The number of hydrogen-bond donors (Lipinski definition) is 4. The lowest BCUT2D eigenvalue weighted by atomic mass is 9.94. The van der Waals surface area contributed by atoms with E-state index < -0.39 is 23.7 Å². The summed E-state index contributed by atoms with van der Waals surface area (Å²) in [6.45, 7) is 1.61. The van der Waals surface area contributed by atoms with Crippen molar-refractivity contribution in [1.29, 1.82) is 10.5 Å². The first-order valence-electron chi connectivity index (χ1n) is 14.2. The predicted octanol–water partition coefficient (Wildman–Crippen LogP) is 5.98. The third-order valence-electron chi connectivity index (χ3n) is 8.49. The van der Waals surface area contributed by atoms with Crippen molar-refractivity contribution in [3.05, 3.63) is 70.7 Å². The SMILES string of the molecule is Cc1nc(F)ccc1[C@H](Nc1cc(C#N)c2ncc(C#N)c(NC3CCCCC3)c2c1)C1=CN(C2(C(F)(F)F)CC2)NN1. The molecule has 3 aliphatic rings. The first-order chi connectivity index (χ1) is 20.6. The number of nitrogens with one attached hydrogen (secondary N) is 4. The van der Waals surface area contributed by atoms with Crippen molar-refractivity contribution in [3.63, 3.8) is 0 Å². The second-order valence-corrected chi connectivity index (χ2v) is 11.3. The largest absolute Gasteiger partial charge is 0.413 e. The Labute approximate surface area is 245 Å². The molecule has 3 aromatic rings. The van der Waals surface area contributed by atoms with Gasteiger partial charge in [0.2, 0.25) is 5.95 Å². The number of hydrazine groups is 2. The lowest BCUT2D eigenvalue weighted by molar-refractivity contribution is -0.195. The Morgan fingerprint density at radius 2 is 1.84 bits per heavy atom. The molecule has 0 unspecified atom stereocenters. The first-order valence-corrected chi connectivity index (χ1v) is 14.2. The number of anilines is 2. The van der Waals surface area contributed by atoms with E-state index in [0.29, 0.717) is 44.8 Å². The molecule has 1 atom stereocenters. The molecule has 13 heteroatoms. The molecule has 1 aromatic carbocycles. The van der Waals surface area contributed by atoms with E-state index in [-0.39, 0.29) is 24.4 Å². The highest BCUT2D eigenvalue weighted by molar-refractivity contribution is 5.99. The molecule has 2 fully saturated rings. The molecule has 2 saturated carbocycles. The molecule has 222 valence electrons. The number of alkyl halides is 3. The normalized spacial score (nSPS) is 18.8. The zero-order chi connectivity index (χ0) is 30.4. The number of aromatic nitrogens is 2. The highest BCUT2D eigenvalue weighted by Gasteiger charge is 2.67. The van der Waals surface area contributed by atoms with Crippen molar-refractivity contribution in [2.24, 2.45) is 0 Å². The van der Waals surface area contributed by atoms with Gasteiger partial charge in [0.25, 0.3) is 0 Å². The monoisotopic (exact) mass is 591 g/mol. The van der Waals surface area contributed by atoms with Gasteiger partial charge < -0.3 is 16.1 Å². The topological polar surface area (TPSA) is 125 Å². The molecule has 0 bridgehead atoms. The molecule has 1 aliphatic heterocycles. The van der Waals surface area contributed by atoms with Gasteiger partial charge in [-0.15, -0.1) is 5.53 Å². The number of fused-ring (bicyclic) bond motifs is 1. The van der Waals surface area contributed by atoms with E-state index in [1.54, 1.807) is 19.1 Å². The van der Waals surface area contributed by atoms with Crippen molar-refractivity contribution in [1.82, 2.24) is 25.9 Å². The minimum Gasteiger partial charge on any atom is -0.381 e. The van der Waals surface area contributed by atoms with E-state index in [9.17, 15) is 28.1 Å². The van der Waals surface area contributed by atoms with E-state index >= 15 is 0 Å². The zero-order valence-electron chi connectivity index (χ0n) is 23.3. The number of halogens is 4. The Balaban J connectivity index is 1.43. The molecule has 4 N–H and O–H groups in total. The highest BCUT2D eigenvalue weighted by atomic mass is 19.4. The van der Waals surface area contributed by atoms with Gasteiger partial charge in [-0.3, -0.25) is 9.99 Å². The maximum atomic E-state index is 14.0. The van der Waals surface area contributed by atoms with Crippen LogP contribution in [0, 0.1) is 35.5 Å². The maximum absolute atomic E-state index is 14.0. The lowest BCUT2D eigenvalue weighted by Crippen LogP contribution is -2.52. The third kappa shape index (κ3) is 5.25. The molecule has 0 saturated heterocycles. The predicted molar refractivity (Wildman–Crippen MR) is 151 cm³/mol. The molecular weight excluding hydrogens is 562 g/mol. The molecule has 6 rings (SSSR count). The van der Waals surface area contributed by atoms with Gasteiger partial charge in [-0.2, -0.15) is 28.1 Å². The summed E-state index contributed by atoms with van der Waals surface area (Å²) in [7, 11) is 0. The number of nitrogens with zero attached hydrogens (tertiary/aromatic N) is 5. The number of benzene rings is 1. The number of nitriles is 2. The van der Waals surface area contributed by atoms with Crippen LogP contribution in [-0.4, -0.2) is 32.7 Å². The van der Waals surface area contributed by atoms with Gasteiger partial charge >= 0.3 is 6.18 Å². The van der Waals surface area contributed by atoms with Gasteiger partial charge in [-0.05, 0) is 50.8 Å². The molecule has 2 aliphatic carbocycles. The van der Waals surface area contributed by atoms with Gasteiger partial charge in [0, 0.05) is 40.8 Å². The van der Waals surface area contributed by atoms with Crippen molar-refractivity contribution in [3.8, 4) is 12.1 Å². The Hall–Kier alpha value is -4.62. The maximum Gasteiger partial charge on any atom is 0.413 e. The van der Waals surface area contributed by atoms with Crippen LogP contribution in [0.25, 0.3) is 10.9 Å². The van der Waals surface area contributed by atoms with E-state index in [0.717, 1.165) is 37.1 Å². The molecule has 9 nitrogen and oxygen atoms in total. The Morgan fingerprint density at radius 3 is 2.49 bits per heavy atom. The van der Waals surface area contributed by atoms with Crippen LogP contribution < -0.4 is 21.6 Å². The molecule has 2 aromatic heterocycles. The summed E-state index contributed by atoms with van der Waals surface area (Å²) in [5.41, 5.74) is 6.74. The summed E-state index contributed by atoms with van der Waals surface area (Å²) in [6.07, 6.45) is 3.50. The van der Waals surface area contributed by atoms with E-state index in [4.69, 9.17) is 0 Å². The first kappa shape index (κ1) is 28.5. The van der Waals surface area contributed by atoms with Crippen LogP contribution in [0.2, 0.25) is 0 Å². The third-order valence-corrected chi connectivity index (χ3v) is 8.49. The van der Waals surface area contributed by atoms with Crippen molar-refractivity contribution >= 4 is 22.3 Å². The molecule has 3 heterocycles. The molecule has 0 radical (unpaired) electrons. The molecular formula is C30H29F4N9. The summed E-state index contributed by atoms with van der Waals surface area (Å²) in [5.74, 6) is -0.687. The average Bonchev–Trinajstić information content (AvgIpc) is 3.68. The average molecular weight is 592 g/mol. The Kier molecular flexibility index (Phi) is 7.22. The van der Waals surface area contributed by atoms with Crippen molar-refractivity contribution in [2.75, 3.05) is 10.6 Å². The highest BCUT2D eigenvalue weighted by Crippen LogP contribution is 2.53. The van der Waals surface area contributed by atoms with Gasteiger partial charge in [0.15, 0.2) is 5.54 Å². The lowest BCUT2D eigenvalue weighted by Gasteiger charge is -2.28. The van der Waals surface area contributed by atoms with Crippen LogP contribution in [0.15, 0.2) is 42.4 Å².